The summed E-state index contributed by atoms with van der Waals surface area (Å²) in [4.78, 5) is 17.9. The molecular weight excluding hydrogens is 242 g/mol. The molecule has 0 saturated carbocycles. The molecule has 0 unspecified atom stereocenters. The quantitative estimate of drug-likeness (QED) is 0.847. The van der Waals surface area contributed by atoms with Gasteiger partial charge in [0.1, 0.15) is 5.82 Å². The van der Waals surface area contributed by atoms with Gasteiger partial charge in [0.25, 0.3) is 0 Å². The van der Waals surface area contributed by atoms with Gasteiger partial charge in [-0.1, -0.05) is 0 Å². The number of hydrogen-bond donors (Lipinski definition) is 1. The number of aromatic nitrogens is 1. The second-order valence-electron chi connectivity index (χ2n) is 5.11. The van der Waals surface area contributed by atoms with Crippen LogP contribution in [-0.4, -0.2) is 30.6 Å². The van der Waals surface area contributed by atoms with Crippen LogP contribution in [0.25, 0.3) is 0 Å². The average molecular weight is 261 g/mol. The van der Waals surface area contributed by atoms with Gasteiger partial charge in [-0.3, -0.25) is 4.79 Å². The van der Waals surface area contributed by atoms with Gasteiger partial charge >= 0.3 is 0 Å². The van der Waals surface area contributed by atoms with Crippen molar-refractivity contribution in [2.45, 2.75) is 32.0 Å². The van der Waals surface area contributed by atoms with Crippen LogP contribution < -0.4 is 10.2 Å². The molecule has 19 heavy (non-hydrogen) atoms. The fourth-order valence-corrected chi connectivity index (χ4v) is 1.64. The number of pyridine rings is 1. The summed E-state index contributed by atoms with van der Waals surface area (Å²) in [6, 6.07) is 3.87. The van der Waals surface area contributed by atoms with Crippen molar-refractivity contribution in [2.75, 3.05) is 19.0 Å². The van der Waals surface area contributed by atoms with Crippen molar-refractivity contribution in [2.24, 2.45) is 10.2 Å². The first-order valence-corrected chi connectivity index (χ1v) is 6.31. The molecule has 102 valence electrons. The minimum Gasteiger partial charge on any atom is -0.363 e. The number of anilines is 1. The molecular formula is C13H19N5O. The van der Waals surface area contributed by atoms with Crippen molar-refractivity contribution in [1.29, 1.82) is 0 Å². The SMILES string of the molecule is CN(C)c1cc(CNC(=O)CCC2(C)N=N2)ccn1. The molecule has 1 amide bonds. The Morgan fingerprint density at radius 3 is 2.79 bits per heavy atom. The lowest BCUT2D eigenvalue weighted by atomic mass is 10.1. The van der Waals surface area contributed by atoms with Crippen molar-refractivity contribution in [3.63, 3.8) is 0 Å². The van der Waals surface area contributed by atoms with Crippen molar-refractivity contribution >= 4 is 11.7 Å². The number of hydrogen-bond acceptors (Lipinski definition) is 5. The lowest BCUT2D eigenvalue weighted by molar-refractivity contribution is -0.121. The topological polar surface area (TPSA) is 70.0 Å². The van der Waals surface area contributed by atoms with Gasteiger partial charge in [-0.05, 0) is 24.6 Å². The Labute approximate surface area is 112 Å². The van der Waals surface area contributed by atoms with Crippen LogP contribution in [-0.2, 0) is 11.3 Å². The molecule has 2 heterocycles. The van der Waals surface area contributed by atoms with Crippen LogP contribution in [0.3, 0.4) is 0 Å². The molecule has 0 atom stereocenters. The minimum atomic E-state index is -0.300. The lowest BCUT2D eigenvalue weighted by Crippen LogP contribution is -2.24. The van der Waals surface area contributed by atoms with Gasteiger partial charge in [0.15, 0.2) is 5.66 Å². The predicted octanol–water partition coefficient (Wildman–Crippen LogP) is 1.73. The standard InChI is InChI=1S/C13H19N5O/c1-13(16-17-13)6-4-12(19)15-9-10-5-7-14-11(8-10)18(2)3/h5,7-8H,4,6,9H2,1-3H3,(H,15,19). The molecule has 1 N–H and O–H groups in total. The van der Waals surface area contributed by atoms with E-state index in [1.54, 1.807) is 6.20 Å². The molecule has 1 aromatic rings. The van der Waals surface area contributed by atoms with E-state index < -0.39 is 0 Å². The Bertz CT molecular complexity index is 492. The lowest BCUT2D eigenvalue weighted by Gasteiger charge is -2.12. The fraction of sp³-hybridized carbons (Fsp3) is 0.538. The fourth-order valence-electron chi connectivity index (χ4n) is 1.64. The van der Waals surface area contributed by atoms with E-state index in [0.29, 0.717) is 19.4 Å². The zero-order valence-corrected chi connectivity index (χ0v) is 11.6. The molecule has 0 aliphatic carbocycles. The van der Waals surface area contributed by atoms with Crippen molar-refractivity contribution in [1.82, 2.24) is 10.3 Å². The van der Waals surface area contributed by atoms with Crippen molar-refractivity contribution in [3.8, 4) is 0 Å². The monoisotopic (exact) mass is 261 g/mol. The van der Waals surface area contributed by atoms with E-state index in [1.165, 1.54) is 0 Å². The highest BCUT2D eigenvalue weighted by Crippen LogP contribution is 2.31. The number of rotatable bonds is 6. The van der Waals surface area contributed by atoms with Gasteiger partial charge < -0.3 is 10.2 Å². The van der Waals surface area contributed by atoms with E-state index in [4.69, 9.17) is 0 Å². The first-order valence-electron chi connectivity index (χ1n) is 6.31. The van der Waals surface area contributed by atoms with E-state index in [2.05, 4.69) is 20.5 Å². The van der Waals surface area contributed by atoms with Crippen LogP contribution in [0.5, 0.6) is 0 Å². The van der Waals surface area contributed by atoms with E-state index in [0.717, 1.165) is 11.4 Å². The summed E-state index contributed by atoms with van der Waals surface area (Å²) in [6.07, 6.45) is 2.88. The van der Waals surface area contributed by atoms with E-state index in [1.807, 2.05) is 38.1 Å². The van der Waals surface area contributed by atoms with E-state index >= 15 is 0 Å². The third-order valence-electron chi connectivity index (χ3n) is 3.02. The van der Waals surface area contributed by atoms with E-state index in [9.17, 15) is 4.79 Å². The normalized spacial score (nSPS) is 15.1. The van der Waals surface area contributed by atoms with Gasteiger partial charge in [-0.25, -0.2) is 4.98 Å². The second kappa shape index (κ2) is 5.34. The molecule has 1 aromatic heterocycles. The van der Waals surface area contributed by atoms with Crippen LogP contribution in [0.15, 0.2) is 28.6 Å². The summed E-state index contributed by atoms with van der Waals surface area (Å²) >= 11 is 0. The van der Waals surface area contributed by atoms with Gasteiger partial charge in [-0.2, -0.15) is 10.2 Å². The van der Waals surface area contributed by atoms with Crippen LogP contribution in [0, 0.1) is 0 Å². The smallest absolute Gasteiger partial charge is 0.220 e. The zero-order valence-electron chi connectivity index (χ0n) is 11.6. The van der Waals surface area contributed by atoms with Crippen LogP contribution in [0.1, 0.15) is 25.3 Å². The Hall–Kier alpha value is -1.98. The summed E-state index contributed by atoms with van der Waals surface area (Å²) in [6.45, 7) is 2.44. The molecule has 0 spiro atoms. The molecule has 1 aliphatic rings. The Balaban J connectivity index is 1.78. The predicted molar refractivity (Wildman–Crippen MR) is 72.9 cm³/mol. The maximum Gasteiger partial charge on any atom is 0.220 e. The Morgan fingerprint density at radius 1 is 1.42 bits per heavy atom. The third-order valence-corrected chi connectivity index (χ3v) is 3.02. The van der Waals surface area contributed by atoms with Gasteiger partial charge in [0.2, 0.25) is 5.91 Å². The zero-order chi connectivity index (χ0) is 13.9. The molecule has 6 nitrogen and oxygen atoms in total. The first-order chi connectivity index (χ1) is 8.98. The highest BCUT2D eigenvalue weighted by atomic mass is 16.1. The number of carbonyl (C=O) groups excluding carboxylic acids is 1. The summed E-state index contributed by atoms with van der Waals surface area (Å²) in [7, 11) is 3.88. The number of amides is 1. The van der Waals surface area contributed by atoms with Crippen molar-refractivity contribution < 1.29 is 4.79 Å². The minimum absolute atomic E-state index is 0.0294. The highest BCUT2D eigenvalue weighted by molar-refractivity contribution is 5.76. The van der Waals surface area contributed by atoms with Gasteiger partial charge in [-0.15, -0.1) is 0 Å². The molecule has 0 bridgehead atoms. The summed E-state index contributed by atoms with van der Waals surface area (Å²) < 4.78 is 0. The highest BCUT2D eigenvalue weighted by Gasteiger charge is 2.33. The number of nitrogens with zero attached hydrogens (tertiary/aromatic N) is 4. The van der Waals surface area contributed by atoms with Crippen LogP contribution in [0.4, 0.5) is 5.82 Å². The molecule has 2 rings (SSSR count). The van der Waals surface area contributed by atoms with Crippen LogP contribution in [0.2, 0.25) is 0 Å². The average Bonchev–Trinajstić information content (AvgIpc) is 3.13. The van der Waals surface area contributed by atoms with Crippen molar-refractivity contribution in [3.05, 3.63) is 23.9 Å². The third kappa shape index (κ3) is 4.01. The summed E-state index contributed by atoms with van der Waals surface area (Å²) in [5, 5.41) is 10.7. The largest absolute Gasteiger partial charge is 0.363 e. The van der Waals surface area contributed by atoms with Gasteiger partial charge in [0, 0.05) is 39.7 Å². The summed E-state index contributed by atoms with van der Waals surface area (Å²) in [5.74, 6) is 0.914. The number of nitrogens with one attached hydrogen (secondary N) is 1. The summed E-state index contributed by atoms with van der Waals surface area (Å²) in [5.41, 5.74) is 0.741. The molecule has 0 radical (unpaired) electrons. The van der Waals surface area contributed by atoms with Crippen LogP contribution >= 0.6 is 0 Å². The molecule has 1 aliphatic heterocycles. The molecule has 6 heteroatoms. The maximum absolute atomic E-state index is 11.7. The first kappa shape index (κ1) is 13.5. The maximum atomic E-state index is 11.7. The number of carbonyl (C=O) groups is 1. The molecule has 0 saturated heterocycles. The molecule has 0 aromatic carbocycles. The van der Waals surface area contributed by atoms with Gasteiger partial charge in [0.05, 0.1) is 0 Å². The second-order valence-corrected chi connectivity index (χ2v) is 5.11. The molecule has 0 fully saturated rings. The Morgan fingerprint density at radius 2 is 2.16 bits per heavy atom. The van der Waals surface area contributed by atoms with E-state index in [-0.39, 0.29) is 11.6 Å². The Kier molecular flexibility index (Phi) is 3.78.